The van der Waals surface area contributed by atoms with Crippen molar-refractivity contribution in [1.29, 1.82) is 0 Å². The zero-order valence-electron chi connectivity index (χ0n) is 11.5. The van der Waals surface area contributed by atoms with Gasteiger partial charge in [0.15, 0.2) is 0 Å². The Balaban J connectivity index is 2.71. The number of carbonyl (C=O) groups is 1. The maximum absolute atomic E-state index is 11.5. The van der Waals surface area contributed by atoms with E-state index in [-0.39, 0.29) is 12.5 Å². The van der Waals surface area contributed by atoms with E-state index in [1.165, 1.54) is 0 Å². The highest BCUT2D eigenvalue weighted by molar-refractivity contribution is 6.31. The highest BCUT2D eigenvalue weighted by Crippen LogP contribution is 2.19. The highest BCUT2D eigenvalue weighted by atomic mass is 35.5. The van der Waals surface area contributed by atoms with Crippen LogP contribution in [0.1, 0.15) is 18.1 Å². The number of hydrogen-bond donors (Lipinski definition) is 0. The molecule has 19 heavy (non-hydrogen) atoms. The second-order valence-corrected chi connectivity index (χ2v) is 4.77. The van der Waals surface area contributed by atoms with Crippen LogP contribution >= 0.6 is 11.6 Å². The molecule has 0 fully saturated rings. The van der Waals surface area contributed by atoms with Crippen LogP contribution in [0.3, 0.4) is 0 Å². The van der Waals surface area contributed by atoms with Gasteiger partial charge in [0.1, 0.15) is 0 Å². The number of aryl methyl sites for hydroxylation is 1. The van der Waals surface area contributed by atoms with E-state index in [1.54, 1.807) is 13.0 Å². The molecule has 0 spiro atoms. The van der Waals surface area contributed by atoms with Gasteiger partial charge in [0.2, 0.25) is 0 Å². The quantitative estimate of drug-likeness (QED) is 0.568. The van der Waals surface area contributed by atoms with E-state index in [1.807, 2.05) is 30.0 Å². The molecule has 0 saturated carbocycles. The summed E-state index contributed by atoms with van der Waals surface area (Å²) in [6.07, 6.45) is 1.77. The van der Waals surface area contributed by atoms with E-state index in [0.717, 1.165) is 16.1 Å². The van der Waals surface area contributed by atoms with Gasteiger partial charge in [-0.2, -0.15) is 0 Å². The molecule has 1 aromatic rings. The first-order valence-corrected chi connectivity index (χ1v) is 6.68. The van der Waals surface area contributed by atoms with E-state index >= 15 is 0 Å². The van der Waals surface area contributed by atoms with Crippen LogP contribution in [0.4, 0.5) is 0 Å². The van der Waals surface area contributed by atoms with Gasteiger partial charge in [-0.3, -0.25) is 9.69 Å². The minimum absolute atomic E-state index is 0.229. The van der Waals surface area contributed by atoms with E-state index in [2.05, 4.69) is 6.58 Å². The van der Waals surface area contributed by atoms with Gasteiger partial charge in [-0.15, -0.1) is 6.58 Å². The third-order valence-electron chi connectivity index (χ3n) is 2.65. The lowest BCUT2D eigenvalue weighted by atomic mass is 10.1. The minimum Gasteiger partial charge on any atom is -0.465 e. The smallest absolute Gasteiger partial charge is 0.320 e. The van der Waals surface area contributed by atoms with Crippen molar-refractivity contribution in [3.63, 3.8) is 0 Å². The van der Waals surface area contributed by atoms with Crippen molar-refractivity contribution in [1.82, 2.24) is 4.90 Å². The Bertz CT molecular complexity index is 446. The van der Waals surface area contributed by atoms with Crippen molar-refractivity contribution in [2.24, 2.45) is 0 Å². The summed E-state index contributed by atoms with van der Waals surface area (Å²) in [4.78, 5) is 13.5. The normalized spacial score (nSPS) is 10.5. The topological polar surface area (TPSA) is 29.5 Å². The van der Waals surface area contributed by atoms with Gasteiger partial charge < -0.3 is 4.74 Å². The number of hydrogen-bond acceptors (Lipinski definition) is 3. The lowest BCUT2D eigenvalue weighted by Crippen LogP contribution is -2.31. The largest absolute Gasteiger partial charge is 0.465 e. The van der Waals surface area contributed by atoms with Gasteiger partial charge in [0.05, 0.1) is 13.2 Å². The average molecular weight is 282 g/mol. The van der Waals surface area contributed by atoms with Crippen LogP contribution in [0.2, 0.25) is 5.02 Å². The molecule has 0 unspecified atom stereocenters. The van der Waals surface area contributed by atoms with E-state index in [0.29, 0.717) is 19.7 Å². The van der Waals surface area contributed by atoms with E-state index in [4.69, 9.17) is 16.3 Å². The van der Waals surface area contributed by atoms with Crippen molar-refractivity contribution in [2.45, 2.75) is 20.4 Å². The molecule has 0 aliphatic heterocycles. The Morgan fingerprint density at radius 3 is 2.84 bits per heavy atom. The summed E-state index contributed by atoms with van der Waals surface area (Å²) in [5, 5.41) is 0.720. The third-order valence-corrected chi connectivity index (χ3v) is 3.00. The zero-order valence-corrected chi connectivity index (χ0v) is 12.2. The van der Waals surface area contributed by atoms with Crippen LogP contribution in [0.15, 0.2) is 30.9 Å². The Labute approximate surface area is 119 Å². The number of rotatable bonds is 7. The van der Waals surface area contributed by atoms with E-state index in [9.17, 15) is 4.79 Å². The van der Waals surface area contributed by atoms with Gasteiger partial charge in [-0.25, -0.2) is 0 Å². The Morgan fingerprint density at radius 1 is 1.53 bits per heavy atom. The molecule has 0 atom stereocenters. The van der Waals surface area contributed by atoms with Crippen LogP contribution in [-0.4, -0.2) is 30.6 Å². The molecule has 0 heterocycles. The lowest BCUT2D eigenvalue weighted by molar-refractivity contribution is -0.144. The van der Waals surface area contributed by atoms with Crippen LogP contribution in [0.25, 0.3) is 0 Å². The molecule has 0 aliphatic carbocycles. The first-order valence-electron chi connectivity index (χ1n) is 6.30. The number of ether oxygens (including phenoxy) is 1. The fraction of sp³-hybridized carbons (Fsp3) is 0.400. The summed E-state index contributed by atoms with van der Waals surface area (Å²) in [5.41, 5.74) is 2.12. The second kappa shape index (κ2) is 7.97. The molecular weight excluding hydrogens is 262 g/mol. The van der Waals surface area contributed by atoms with Crippen LogP contribution in [0, 0.1) is 6.92 Å². The highest BCUT2D eigenvalue weighted by Gasteiger charge is 2.12. The zero-order chi connectivity index (χ0) is 14.3. The summed E-state index contributed by atoms with van der Waals surface area (Å²) in [5.74, 6) is -0.229. The molecule has 0 aromatic heterocycles. The summed E-state index contributed by atoms with van der Waals surface area (Å²) in [7, 11) is 0. The van der Waals surface area contributed by atoms with Gasteiger partial charge >= 0.3 is 5.97 Å². The Kier molecular flexibility index (Phi) is 6.60. The molecular formula is C15H20ClNO2. The maximum Gasteiger partial charge on any atom is 0.320 e. The standard InChI is InChI=1S/C15H20ClNO2/c1-4-8-17(11-15(18)19-5-2)10-13-7-6-12(3)9-14(13)16/h4,6-7,9H,1,5,8,10-11H2,2-3H3. The van der Waals surface area contributed by atoms with Gasteiger partial charge in [-0.05, 0) is 31.0 Å². The van der Waals surface area contributed by atoms with Crippen molar-refractivity contribution in [3.8, 4) is 0 Å². The SMILES string of the molecule is C=CCN(CC(=O)OCC)Cc1ccc(C)cc1Cl. The molecule has 104 valence electrons. The second-order valence-electron chi connectivity index (χ2n) is 4.36. The molecule has 0 bridgehead atoms. The molecule has 1 aromatic carbocycles. The molecule has 3 nitrogen and oxygen atoms in total. The number of nitrogens with zero attached hydrogens (tertiary/aromatic N) is 1. The van der Waals surface area contributed by atoms with Crippen LogP contribution in [-0.2, 0) is 16.1 Å². The van der Waals surface area contributed by atoms with Gasteiger partial charge in [-0.1, -0.05) is 29.8 Å². The predicted molar refractivity (Wildman–Crippen MR) is 78.3 cm³/mol. The summed E-state index contributed by atoms with van der Waals surface area (Å²) in [6.45, 7) is 9.35. The molecule has 4 heteroatoms. The summed E-state index contributed by atoms with van der Waals surface area (Å²) in [6, 6.07) is 5.92. The Hall–Kier alpha value is -1.32. The monoisotopic (exact) mass is 281 g/mol. The maximum atomic E-state index is 11.5. The van der Waals surface area contributed by atoms with Crippen molar-refractivity contribution in [2.75, 3.05) is 19.7 Å². The molecule has 0 radical (unpaired) electrons. The van der Waals surface area contributed by atoms with Crippen LogP contribution < -0.4 is 0 Å². The van der Waals surface area contributed by atoms with Crippen molar-refractivity contribution in [3.05, 3.63) is 47.0 Å². The van der Waals surface area contributed by atoms with Gasteiger partial charge in [0, 0.05) is 18.1 Å². The fourth-order valence-corrected chi connectivity index (χ4v) is 2.07. The van der Waals surface area contributed by atoms with E-state index < -0.39 is 0 Å². The first kappa shape index (κ1) is 15.7. The van der Waals surface area contributed by atoms with Crippen molar-refractivity contribution >= 4 is 17.6 Å². The minimum atomic E-state index is -0.229. The Morgan fingerprint density at radius 2 is 2.26 bits per heavy atom. The molecule has 0 aliphatic rings. The first-order chi connectivity index (χ1) is 9.06. The molecule has 0 N–H and O–H groups in total. The fourth-order valence-electron chi connectivity index (χ4n) is 1.78. The lowest BCUT2D eigenvalue weighted by Gasteiger charge is -2.20. The number of benzene rings is 1. The number of carbonyl (C=O) groups excluding carboxylic acids is 1. The summed E-state index contributed by atoms with van der Waals surface area (Å²) < 4.78 is 4.96. The van der Waals surface area contributed by atoms with Crippen LogP contribution in [0.5, 0.6) is 0 Å². The predicted octanol–water partition coefficient (Wildman–Crippen LogP) is 3.20. The molecule has 0 saturated heterocycles. The third kappa shape index (κ3) is 5.45. The van der Waals surface area contributed by atoms with Gasteiger partial charge in [0.25, 0.3) is 0 Å². The average Bonchev–Trinajstić information content (AvgIpc) is 2.33. The summed E-state index contributed by atoms with van der Waals surface area (Å²) >= 11 is 6.20. The molecule has 0 amide bonds. The molecule has 1 rings (SSSR count). The number of halogens is 1. The number of esters is 1. The van der Waals surface area contributed by atoms with Crippen molar-refractivity contribution < 1.29 is 9.53 Å².